The number of aliphatic hydroxyl groups excluding tert-OH is 1. The van der Waals surface area contributed by atoms with E-state index < -0.39 is 0 Å². The molecular weight excluding hydrogens is 240 g/mol. The lowest BCUT2D eigenvalue weighted by molar-refractivity contribution is 0.134. The van der Waals surface area contributed by atoms with Crippen LogP contribution in [0.25, 0.3) is 11.1 Å². The Morgan fingerprint density at radius 3 is 2.79 bits per heavy atom. The van der Waals surface area contributed by atoms with Crippen LogP contribution in [-0.2, 0) is 6.54 Å². The Morgan fingerprint density at radius 2 is 2.05 bits per heavy atom. The Labute approximate surface area is 113 Å². The summed E-state index contributed by atoms with van der Waals surface area (Å²) in [6.45, 7) is 1.58. The second kappa shape index (κ2) is 5.72. The third-order valence-electron chi connectivity index (χ3n) is 3.90. The van der Waals surface area contributed by atoms with Gasteiger partial charge < -0.3 is 9.52 Å². The van der Waals surface area contributed by atoms with E-state index in [4.69, 9.17) is 4.42 Å². The number of aromatic nitrogens is 1. The summed E-state index contributed by atoms with van der Waals surface area (Å²) in [6, 6.07) is 8.41. The Kier molecular flexibility index (Phi) is 3.80. The summed E-state index contributed by atoms with van der Waals surface area (Å²) in [6.07, 6.45) is 5.03. The number of para-hydroxylation sites is 2. The number of oxazole rings is 1. The minimum absolute atomic E-state index is 0.191. The molecule has 1 saturated carbocycles. The smallest absolute Gasteiger partial charge is 0.209 e. The lowest BCUT2D eigenvalue weighted by Gasteiger charge is -2.26. The molecule has 3 rings (SSSR count). The standard InChI is InChI=1S/C15H20N2O2/c18-10-9-17(12-5-1-2-6-12)11-15-16-13-7-3-4-8-14(13)19-15/h3-4,7-8,12,18H,1-2,5-6,9-11H2. The first-order valence-corrected chi connectivity index (χ1v) is 7.06. The lowest BCUT2D eigenvalue weighted by atomic mass is 10.2. The predicted octanol–water partition coefficient (Wildman–Crippen LogP) is 2.56. The molecule has 19 heavy (non-hydrogen) atoms. The first-order chi connectivity index (χ1) is 9.36. The van der Waals surface area contributed by atoms with Crippen molar-refractivity contribution in [3.63, 3.8) is 0 Å². The molecule has 0 amide bonds. The minimum atomic E-state index is 0.191. The van der Waals surface area contributed by atoms with Crippen LogP contribution in [0.5, 0.6) is 0 Å². The van der Waals surface area contributed by atoms with E-state index in [1.807, 2.05) is 24.3 Å². The fraction of sp³-hybridized carbons (Fsp3) is 0.533. The summed E-state index contributed by atoms with van der Waals surface area (Å²) in [5.74, 6) is 0.751. The first kappa shape index (κ1) is 12.6. The number of hydrogen-bond donors (Lipinski definition) is 1. The van der Waals surface area contributed by atoms with Gasteiger partial charge in [0.1, 0.15) is 5.52 Å². The molecule has 0 unspecified atom stereocenters. The average molecular weight is 260 g/mol. The third-order valence-corrected chi connectivity index (χ3v) is 3.90. The average Bonchev–Trinajstić information content (AvgIpc) is 3.07. The van der Waals surface area contributed by atoms with E-state index in [2.05, 4.69) is 9.88 Å². The van der Waals surface area contributed by atoms with Crippen molar-refractivity contribution in [3.8, 4) is 0 Å². The van der Waals surface area contributed by atoms with Crippen molar-refractivity contribution < 1.29 is 9.52 Å². The van der Waals surface area contributed by atoms with E-state index in [0.29, 0.717) is 19.1 Å². The maximum atomic E-state index is 9.22. The van der Waals surface area contributed by atoms with Crippen molar-refractivity contribution in [3.05, 3.63) is 30.2 Å². The Bertz CT molecular complexity index is 499. The van der Waals surface area contributed by atoms with Gasteiger partial charge in [0.05, 0.1) is 13.2 Å². The van der Waals surface area contributed by atoms with Gasteiger partial charge in [-0.3, -0.25) is 4.90 Å². The number of nitrogens with zero attached hydrogens (tertiary/aromatic N) is 2. The van der Waals surface area contributed by atoms with E-state index in [1.54, 1.807) is 0 Å². The molecule has 1 aliphatic carbocycles. The Morgan fingerprint density at radius 1 is 1.26 bits per heavy atom. The summed E-state index contributed by atoms with van der Waals surface area (Å²) in [7, 11) is 0. The van der Waals surface area contributed by atoms with Crippen LogP contribution in [0, 0.1) is 0 Å². The zero-order valence-electron chi connectivity index (χ0n) is 11.1. The second-order valence-electron chi connectivity index (χ2n) is 5.21. The number of rotatable bonds is 5. The molecule has 1 heterocycles. The van der Waals surface area contributed by atoms with Crippen molar-refractivity contribution in [1.82, 2.24) is 9.88 Å². The predicted molar refractivity (Wildman–Crippen MR) is 73.8 cm³/mol. The maximum Gasteiger partial charge on any atom is 0.209 e. The molecule has 0 spiro atoms. The van der Waals surface area contributed by atoms with Crippen LogP contribution in [0.3, 0.4) is 0 Å². The quantitative estimate of drug-likeness (QED) is 0.897. The first-order valence-electron chi connectivity index (χ1n) is 7.06. The number of aliphatic hydroxyl groups is 1. The van der Waals surface area contributed by atoms with Crippen molar-refractivity contribution in [2.24, 2.45) is 0 Å². The highest BCUT2D eigenvalue weighted by Gasteiger charge is 2.23. The Balaban J connectivity index is 1.76. The van der Waals surface area contributed by atoms with Gasteiger partial charge in [0.2, 0.25) is 5.89 Å². The van der Waals surface area contributed by atoms with E-state index in [9.17, 15) is 5.11 Å². The fourth-order valence-corrected chi connectivity index (χ4v) is 2.95. The molecule has 1 aliphatic rings. The molecule has 0 radical (unpaired) electrons. The van der Waals surface area contributed by atoms with Crippen LogP contribution < -0.4 is 0 Å². The molecule has 2 aromatic rings. The van der Waals surface area contributed by atoms with Gasteiger partial charge in [-0.1, -0.05) is 25.0 Å². The van der Waals surface area contributed by atoms with E-state index >= 15 is 0 Å². The molecule has 1 N–H and O–H groups in total. The largest absolute Gasteiger partial charge is 0.439 e. The van der Waals surface area contributed by atoms with Crippen molar-refractivity contribution >= 4 is 11.1 Å². The zero-order chi connectivity index (χ0) is 13.1. The summed E-state index contributed by atoms with van der Waals surface area (Å²) < 4.78 is 5.77. The van der Waals surface area contributed by atoms with Crippen LogP contribution in [-0.4, -0.2) is 34.2 Å². The van der Waals surface area contributed by atoms with E-state index in [0.717, 1.165) is 17.0 Å². The van der Waals surface area contributed by atoms with E-state index in [-0.39, 0.29) is 6.61 Å². The van der Waals surface area contributed by atoms with Gasteiger partial charge in [-0.2, -0.15) is 0 Å². The van der Waals surface area contributed by atoms with Gasteiger partial charge in [-0.05, 0) is 25.0 Å². The molecule has 102 valence electrons. The van der Waals surface area contributed by atoms with Gasteiger partial charge in [0, 0.05) is 12.6 Å². The van der Waals surface area contributed by atoms with Gasteiger partial charge in [-0.15, -0.1) is 0 Å². The molecule has 1 aromatic heterocycles. The molecular formula is C15H20N2O2. The summed E-state index contributed by atoms with van der Waals surface area (Å²) in [4.78, 5) is 6.82. The highest BCUT2D eigenvalue weighted by atomic mass is 16.3. The van der Waals surface area contributed by atoms with E-state index in [1.165, 1.54) is 25.7 Å². The van der Waals surface area contributed by atoms with Gasteiger partial charge in [0.15, 0.2) is 5.58 Å². The Hall–Kier alpha value is -1.39. The molecule has 1 fully saturated rings. The summed E-state index contributed by atoms with van der Waals surface area (Å²) in [5.41, 5.74) is 1.75. The molecule has 0 bridgehead atoms. The van der Waals surface area contributed by atoms with Crippen LogP contribution in [0.2, 0.25) is 0 Å². The third kappa shape index (κ3) is 2.80. The van der Waals surface area contributed by atoms with Crippen LogP contribution in [0.1, 0.15) is 31.6 Å². The number of fused-ring (bicyclic) bond motifs is 1. The molecule has 0 aliphatic heterocycles. The molecule has 4 heteroatoms. The fourth-order valence-electron chi connectivity index (χ4n) is 2.95. The molecule has 1 aromatic carbocycles. The highest BCUT2D eigenvalue weighted by Crippen LogP contribution is 2.25. The number of benzene rings is 1. The van der Waals surface area contributed by atoms with Gasteiger partial charge in [0.25, 0.3) is 0 Å². The summed E-state index contributed by atoms with van der Waals surface area (Å²) in [5, 5.41) is 9.22. The second-order valence-corrected chi connectivity index (χ2v) is 5.21. The monoisotopic (exact) mass is 260 g/mol. The van der Waals surface area contributed by atoms with Crippen molar-refractivity contribution in [2.75, 3.05) is 13.2 Å². The van der Waals surface area contributed by atoms with Gasteiger partial charge >= 0.3 is 0 Å². The summed E-state index contributed by atoms with van der Waals surface area (Å²) >= 11 is 0. The SMILES string of the molecule is OCCN(Cc1nc2ccccc2o1)C1CCCC1. The normalized spacial score (nSPS) is 16.7. The van der Waals surface area contributed by atoms with Crippen LogP contribution >= 0.6 is 0 Å². The van der Waals surface area contributed by atoms with Crippen LogP contribution in [0.15, 0.2) is 28.7 Å². The molecule has 0 atom stereocenters. The van der Waals surface area contributed by atoms with Crippen LogP contribution in [0.4, 0.5) is 0 Å². The van der Waals surface area contributed by atoms with Crippen molar-refractivity contribution in [2.45, 2.75) is 38.3 Å². The lowest BCUT2D eigenvalue weighted by Crippen LogP contribution is -2.35. The number of hydrogen-bond acceptors (Lipinski definition) is 4. The maximum absolute atomic E-state index is 9.22. The van der Waals surface area contributed by atoms with Gasteiger partial charge in [-0.25, -0.2) is 4.98 Å². The zero-order valence-corrected chi connectivity index (χ0v) is 11.1. The highest BCUT2D eigenvalue weighted by molar-refractivity contribution is 5.72. The minimum Gasteiger partial charge on any atom is -0.439 e. The molecule has 0 saturated heterocycles. The topological polar surface area (TPSA) is 49.5 Å². The van der Waals surface area contributed by atoms with Crippen molar-refractivity contribution in [1.29, 1.82) is 0 Å². The molecule has 4 nitrogen and oxygen atoms in total.